The first-order valence-corrected chi connectivity index (χ1v) is 13.3. The van der Waals surface area contributed by atoms with Gasteiger partial charge in [0.15, 0.2) is 0 Å². The van der Waals surface area contributed by atoms with E-state index in [-0.39, 0.29) is 24.3 Å². The van der Waals surface area contributed by atoms with Gasteiger partial charge in [0.1, 0.15) is 23.2 Å². The molecule has 0 atom stereocenters. The average molecular weight is 533 g/mol. The highest BCUT2D eigenvalue weighted by Crippen LogP contribution is 2.29. The number of para-hydroxylation sites is 1. The van der Waals surface area contributed by atoms with Gasteiger partial charge in [-0.15, -0.1) is 13.2 Å². The molecule has 0 aliphatic heterocycles. The van der Waals surface area contributed by atoms with Crippen molar-refractivity contribution in [1.82, 2.24) is 15.3 Å². The number of nitriles is 1. The van der Waals surface area contributed by atoms with Crippen LogP contribution < -0.4 is 20.7 Å². The van der Waals surface area contributed by atoms with E-state index < -0.39 is 6.36 Å². The van der Waals surface area contributed by atoms with E-state index in [1.165, 1.54) is 24.4 Å². The van der Waals surface area contributed by atoms with Crippen LogP contribution in [0.3, 0.4) is 0 Å². The minimum Gasteiger partial charge on any atom is -0.405 e. The highest BCUT2D eigenvalue weighted by atomic mass is 19.4. The van der Waals surface area contributed by atoms with E-state index in [1.54, 1.807) is 6.07 Å². The van der Waals surface area contributed by atoms with Crippen LogP contribution in [0, 0.1) is 23.2 Å². The SMILES string of the molecule is N#Cc1cnc(NCc2ccccc2OC(F)(F)F)nc1NCC1CCC(NCC2CCC(O)CC2)CC1. The van der Waals surface area contributed by atoms with Crippen LogP contribution in [0.2, 0.25) is 0 Å². The Hall–Kier alpha value is -3.10. The zero-order valence-corrected chi connectivity index (χ0v) is 21.3. The summed E-state index contributed by atoms with van der Waals surface area (Å²) in [6.45, 7) is 1.73. The molecular weight excluding hydrogens is 497 g/mol. The molecule has 2 aliphatic carbocycles. The molecule has 11 heteroatoms. The Morgan fingerprint density at radius 3 is 2.37 bits per heavy atom. The predicted molar refractivity (Wildman–Crippen MR) is 137 cm³/mol. The van der Waals surface area contributed by atoms with Gasteiger partial charge in [0, 0.05) is 24.7 Å². The van der Waals surface area contributed by atoms with Crippen molar-refractivity contribution >= 4 is 11.8 Å². The van der Waals surface area contributed by atoms with Crippen molar-refractivity contribution in [3.63, 3.8) is 0 Å². The number of halogens is 3. The summed E-state index contributed by atoms with van der Waals surface area (Å²) in [4.78, 5) is 8.53. The molecule has 0 spiro atoms. The molecule has 38 heavy (non-hydrogen) atoms. The smallest absolute Gasteiger partial charge is 0.405 e. The maximum Gasteiger partial charge on any atom is 0.573 e. The van der Waals surface area contributed by atoms with E-state index in [0.29, 0.717) is 41.4 Å². The van der Waals surface area contributed by atoms with Crippen LogP contribution in [0.4, 0.5) is 24.9 Å². The predicted octanol–water partition coefficient (Wildman–Crippen LogP) is 4.97. The molecule has 4 N–H and O–H groups in total. The van der Waals surface area contributed by atoms with Gasteiger partial charge in [-0.2, -0.15) is 10.2 Å². The van der Waals surface area contributed by atoms with E-state index in [9.17, 15) is 23.5 Å². The second-order valence-corrected chi connectivity index (χ2v) is 10.3. The second kappa shape index (κ2) is 13.1. The van der Waals surface area contributed by atoms with Gasteiger partial charge in [-0.1, -0.05) is 18.2 Å². The Labute approximate surface area is 221 Å². The Bertz CT molecular complexity index is 1080. The number of ether oxygens (including phenoxy) is 1. The van der Waals surface area contributed by atoms with Crippen molar-refractivity contribution in [3.05, 3.63) is 41.6 Å². The number of nitrogens with zero attached hydrogens (tertiary/aromatic N) is 3. The van der Waals surface area contributed by atoms with Crippen molar-refractivity contribution in [2.45, 2.75) is 76.4 Å². The van der Waals surface area contributed by atoms with E-state index in [0.717, 1.165) is 57.9 Å². The molecule has 8 nitrogen and oxygen atoms in total. The summed E-state index contributed by atoms with van der Waals surface area (Å²) >= 11 is 0. The third-order valence-electron chi connectivity index (χ3n) is 7.46. The molecule has 206 valence electrons. The second-order valence-electron chi connectivity index (χ2n) is 10.3. The molecular formula is C27H35F3N6O2. The molecule has 0 unspecified atom stereocenters. The van der Waals surface area contributed by atoms with Gasteiger partial charge in [0.05, 0.1) is 12.3 Å². The standard InChI is InChI=1S/C27H35F3N6O2/c28-27(29,30)38-24-4-2-1-3-20(24)16-34-26-35-17-21(13-31)25(36-26)33-15-18-5-9-22(10-6-18)32-14-19-7-11-23(37)12-8-19/h1-4,17-19,22-23,32,37H,5-12,14-16H2,(H2,33,34,35,36). The van der Waals surface area contributed by atoms with Crippen molar-refractivity contribution in [2.24, 2.45) is 11.8 Å². The topological polar surface area (TPSA) is 115 Å². The lowest BCUT2D eigenvalue weighted by Gasteiger charge is -2.32. The number of aromatic nitrogens is 2. The van der Waals surface area contributed by atoms with E-state index in [4.69, 9.17) is 0 Å². The molecule has 1 heterocycles. The number of aliphatic hydroxyl groups is 1. The molecule has 2 saturated carbocycles. The summed E-state index contributed by atoms with van der Waals surface area (Å²) in [6.07, 6.45) is 4.86. The lowest BCUT2D eigenvalue weighted by atomic mass is 9.84. The van der Waals surface area contributed by atoms with Gasteiger partial charge >= 0.3 is 6.36 Å². The molecule has 0 amide bonds. The van der Waals surface area contributed by atoms with Crippen molar-refractivity contribution in [1.29, 1.82) is 5.26 Å². The molecule has 0 saturated heterocycles. The molecule has 1 aromatic heterocycles. The summed E-state index contributed by atoms with van der Waals surface area (Å²) in [5.74, 6) is 1.44. The van der Waals surface area contributed by atoms with Gasteiger partial charge in [-0.25, -0.2) is 4.98 Å². The summed E-state index contributed by atoms with van der Waals surface area (Å²) in [6, 6.07) is 8.49. The van der Waals surface area contributed by atoms with Crippen molar-refractivity contribution < 1.29 is 23.0 Å². The third-order valence-corrected chi connectivity index (χ3v) is 7.46. The van der Waals surface area contributed by atoms with Crippen LogP contribution in [0.5, 0.6) is 5.75 Å². The fourth-order valence-corrected chi connectivity index (χ4v) is 5.23. The molecule has 0 bridgehead atoms. The molecule has 4 rings (SSSR count). The van der Waals surface area contributed by atoms with E-state index in [1.807, 2.05) is 0 Å². The molecule has 0 radical (unpaired) electrons. The fraction of sp³-hybridized carbons (Fsp3) is 0.593. The number of nitrogens with one attached hydrogen (secondary N) is 3. The fourth-order valence-electron chi connectivity index (χ4n) is 5.23. The average Bonchev–Trinajstić information content (AvgIpc) is 2.91. The van der Waals surface area contributed by atoms with Gasteiger partial charge in [0.2, 0.25) is 5.95 Å². The number of alkyl halides is 3. The molecule has 1 aromatic carbocycles. The minimum atomic E-state index is -4.78. The lowest BCUT2D eigenvalue weighted by molar-refractivity contribution is -0.274. The highest BCUT2D eigenvalue weighted by Gasteiger charge is 2.32. The van der Waals surface area contributed by atoms with E-state index in [2.05, 4.69) is 36.7 Å². The zero-order chi connectivity index (χ0) is 27.0. The summed E-state index contributed by atoms with van der Waals surface area (Å²) in [5.41, 5.74) is 0.614. The molecule has 2 aromatic rings. The Morgan fingerprint density at radius 2 is 1.66 bits per heavy atom. The normalized spacial score (nSPS) is 23.9. The number of hydrogen-bond donors (Lipinski definition) is 4. The molecule has 2 aliphatic rings. The van der Waals surface area contributed by atoms with Crippen LogP contribution in [0.1, 0.15) is 62.5 Å². The minimum absolute atomic E-state index is 0.0239. The maximum atomic E-state index is 12.7. The van der Waals surface area contributed by atoms with E-state index >= 15 is 0 Å². The largest absolute Gasteiger partial charge is 0.573 e. The number of aliphatic hydroxyl groups excluding tert-OH is 1. The van der Waals surface area contributed by atoms with Crippen molar-refractivity contribution in [2.75, 3.05) is 23.7 Å². The monoisotopic (exact) mass is 532 g/mol. The van der Waals surface area contributed by atoms with Crippen molar-refractivity contribution in [3.8, 4) is 11.8 Å². The van der Waals surface area contributed by atoms with Crippen LogP contribution in [-0.2, 0) is 6.54 Å². The van der Waals surface area contributed by atoms with Crippen LogP contribution in [0.15, 0.2) is 30.5 Å². The summed E-state index contributed by atoms with van der Waals surface area (Å²) < 4.78 is 42.2. The van der Waals surface area contributed by atoms with Gasteiger partial charge in [-0.05, 0) is 75.8 Å². The van der Waals surface area contributed by atoms with Gasteiger partial charge in [-0.3, -0.25) is 0 Å². The Kier molecular flexibility index (Phi) is 9.63. The zero-order valence-electron chi connectivity index (χ0n) is 21.3. The summed E-state index contributed by atoms with van der Waals surface area (Å²) in [7, 11) is 0. The first-order valence-electron chi connectivity index (χ1n) is 13.3. The number of rotatable bonds is 10. The summed E-state index contributed by atoms with van der Waals surface area (Å²) in [5, 5.41) is 29.1. The van der Waals surface area contributed by atoms with Gasteiger partial charge < -0.3 is 25.8 Å². The lowest BCUT2D eigenvalue weighted by Crippen LogP contribution is -2.38. The Balaban J connectivity index is 1.25. The maximum absolute atomic E-state index is 12.7. The molecule has 2 fully saturated rings. The van der Waals surface area contributed by atoms with Crippen LogP contribution in [0.25, 0.3) is 0 Å². The third kappa shape index (κ3) is 8.46. The van der Waals surface area contributed by atoms with Crippen LogP contribution in [-0.4, -0.2) is 46.7 Å². The highest BCUT2D eigenvalue weighted by molar-refractivity contribution is 5.53. The number of anilines is 2. The quantitative estimate of drug-likeness (QED) is 0.339. The number of hydrogen-bond acceptors (Lipinski definition) is 8. The first kappa shape index (κ1) is 27.9. The van der Waals surface area contributed by atoms with Crippen LogP contribution >= 0.6 is 0 Å². The Morgan fingerprint density at radius 1 is 0.974 bits per heavy atom. The number of benzene rings is 1. The van der Waals surface area contributed by atoms with Gasteiger partial charge in [0.25, 0.3) is 0 Å². The first-order chi connectivity index (χ1) is 18.3.